The van der Waals surface area contributed by atoms with Gasteiger partial charge in [-0.1, -0.05) is 0 Å². The molecule has 3 rings (SSSR count). The number of piperidine rings is 1. The van der Waals surface area contributed by atoms with Gasteiger partial charge in [0.25, 0.3) is 0 Å². The van der Waals surface area contributed by atoms with Crippen LogP contribution in [0.3, 0.4) is 0 Å². The molecule has 0 radical (unpaired) electrons. The molecule has 0 saturated carbocycles. The second kappa shape index (κ2) is 4.60. The van der Waals surface area contributed by atoms with Gasteiger partial charge in [-0.2, -0.15) is 0 Å². The number of rotatable bonds is 2. The van der Waals surface area contributed by atoms with Crippen LogP contribution in [0.15, 0.2) is 18.2 Å². The standard InChI is InChI=1S/C15H18FNO2/c1-17-11-3-4-12(17)7-9(6-11)14-8-10(16)2-5-13(14)15(18)19/h2,5,8-9,11-12H,3-4,6-7H2,1H3,(H,18,19). The lowest BCUT2D eigenvalue weighted by molar-refractivity contribution is 0.0693. The minimum absolute atomic E-state index is 0.176. The molecule has 0 aliphatic carbocycles. The molecule has 2 bridgehead atoms. The van der Waals surface area contributed by atoms with Crippen LogP contribution in [0, 0.1) is 5.82 Å². The number of carboxylic acids is 1. The Kier molecular flexibility index (Phi) is 3.05. The van der Waals surface area contributed by atoms with Crippen molar-refractivity contribution in [3.8, 4) is 0 Å². The fourth-order valence-corrected chi connectivity index (χ4v) is 3.73. The van der Waals surface area contributed by atoms with Gasteiger partial charge >= 0.3 is 5.97 Å². The maximum atomic E-state index is 13.4. The molecule has 3 nitrogen and oxygen atoms in total. The number of hydrogen-bond donors (Lipinski definition) is 1. The minimum atomic E-state index is -0.957. The Balaban J connectivity index is 1.94. The monoisotopic (exact) mass is 263 g/mol. The van der Waals surface area contributed by atoms with E-state index in [1.54, 1.807) is 0 Å². The van der Waals surface area contributed by atoms with Crippen molar-refractivity contribution in [3.05, 3.63) is 35.1 Å². The van der Waals surface area contributed by atoms with Crippen molar-refractivity contribution in [3.63, 3.8) is 0 Å². The topological polar surface area (TPSA) is 40.5 Å². The van der Waals surface area contributed by atoms with Crippen LogP contribution >= 0.6 is 0 Å². The molecule has 102 valence electrons. The molecule has 1 aromatic rings. The molecule has 1 aromatic carbocycles. The number of carbonyl (C=O) groups is 1. The van der Waals surface area contributed by atoms with Crippen LogP contribution < -0.4 is 0 Å². The molecule has 2 fully saturated rings. The fraction of sp³-hybridized carbons (Fsp3) is 0.533. The Morgan fingerprint density at radius 2 is 1.95 bits per heavy atom. The summed E-state index contributed by atoms with van der Waals surface area (Å²) >= 11 is 0. The molecule has 0 spiro atoms. The molecule has 2 heterocycles. The summed E-state index contributed by atoms with van der Waals surface area (Å²) in [7, 11) is 2.14. The normalized spacial score (nSPS) is 30.5. The molecule has 2 aliphatic heterocycles. The summed E-state index contributed by atoms with van der Waals surface area (Å²) in [4.78, 5) is 13.7. The van der Waals surface area contributed by atoms with Crippen LogP contribution in [0.25, 0.3) is 0 Å². The third-order valence-corrected chi connectivity index (χ3v) is 4.78. The van der Waals surface area contributed by atoms with Crippen LogP contribution in [0.2, 0.25) is 0 Å². The van der Waals surface area contributed by atoms with Gasteiger partial charge in [-0.15, -0.1) is 0 Å². The Labute approximate surface area is 112 Å². The zero-order valence-corrected chi connectivity index (χ0v) is 11.0. The van der Waals surface area contributed by atoms with Gasteiger partial charge in [-0.3, -0.25) is 0 Å². The van der Waals surface area contributed by atoms with Gasteiger partial charge in [-0.05, 0) is 62.4 Å². The van der Waals surface area contributed by atoms with Gasteiger partial charge in [0.2, 0.25) is 0 Å². The van der Waals surface area contributed by atoms with E-state index in [2.05, 4.69) is 11.9 Å². The zero-order chi connectivity index (χ0) is 13.6. The van der Waals surface area contributed by atoms with Crippen LogP contribution in [0.4, 0.5) is 4.39 Å². The first-order valence-corrected chi connectivity index (χ1v) is 6.81. The Morgan fingerprint density at radius 1 is 1.32 bits per heavy atom. The highest BCUT2D eigenvalue weighted by molar-refractivity contribution is 5.89. The van der Waals surface area contributed by atoms with E-state index in [1.165, 1.54) is 31.0 Å². The van der Waals surface area contributed by atoms with Crippen molar-refractivity contribution in [2.45, 2.75) is 43.7 Å². The maximum absolute atomic E-state index is 13.4. The molecule has 1 N–H and O–H groups in total. The zero-order valence-electron chi connectivity index (χ0n) is 11.0. The summed E-state index contributed by atoms with van der Waals surface area (Å²) in [6.45, 7) is 0. The predicted molar refractivity (Wildman–Crippen MR) is 69.9 cm³/mol. The summed E-state index contributed by atoms with van der Waals surface area (Å²) in [5.41, 5.74) is 0.938. The number of halogens is 1. The van der Waals surface area contributed by atoms with Crippen molar-refractivity contribution >= 4 is 5.97 Å². The predicted octanol–water partition coefficient (Wildman–Crippen LogP) is 2.86. The highest BCUT2D eigenvalue weighted by Crippen LogP contribution is 2.43. The first-order valence-electron chi connectivity index (χ1n) is 6.81. The number of benzene rings is 1. The SMILES string of the molecule is CN1C2CCC1CC(c1cc(F)ccc1C(=O)O)C2. The number of carboxylic acid groups (broad SMARTS) is 1. The van der Waals surface area contributed by atoms with Crippen molar-refractivity contribution in [1.29, 1.82) is 0 Å². The van der Waals surface area contributed by atoms with E-state index in [1.807, 2.05) is 0 Å². The minimum Gasteiger partial charge on any atom is -0.478 e. The van der Waals surface area contributed by atoms with E-state index >= 15 is 0 Å². The molecule has 2 atom stereocenters. The summed E-state index contributed by atoms with van der Waals surface area (Å²) in [5.74, 6) is -1.12. The molecule has 2 saturated heterocycles. The smallest absolute Gasteiger partial charge is 0.335 e. The van der Waals surface area contributed by atoms with Crippen LogP contribution in [-0.4, -0.2) is 35.1 Å². The summed E-state index contributed by atoms with van der Waals surface area (Å²) < 4.78 is 13.4. The lowest BCUT2D eigenvalue weighted by Crippen LogP contribution is -2.39. The van der Waals surface area contributed by atoms with E-state index in [0.717, 1.165) is 12.8 Å². The molecule has 0 aromatic heterocycles. The van der Waals surface area contributed by atoms with E-state index in [-0.39, 0.29) is 17.3 Å². The average molecular weight is 263 g/mol. The number of nitrogens with zero attached hydrogens (tertiary/aromatic N) is 1. The van der Waals surface area contributed by atoms with Crippen molar-refractivity contribution in [1.82, 2.24) is 4.90 Å². The highest BCUT2D eigenvalue weighted by atomic mass is 19.1. The van der Waals surface area contributed by atoms with Crippen molar-refractivity contribution < 1.29 is 14.3 Å². The van der Waals surface area contributed by atoms with E-state index in [4.69, 9.17) is 0 Å². The lowest BCUT2D eigenvalue weighted by Gasteiger charge is -2.37. The van der Waals surface area contributed by atoms with Crippen molar-refractivity contribution in [2.24, 2.45) is 0 Å². The lowest BCUT2D eigenvalue weighted by atomic mass is 9.83. The fourth-order valence-electron chi connectivity index (χ4n) is 3.73. The van der Waals surface area contributed by atoms with E-state index in [9.17, 15) is 14.3 Å². The molecule has 4 heteroatoms. The molecule has 2 unspecified atom stereocenters. The average Bonchev–Trinajstić information content (AvgIpc) is 2.61. The van der Waals surface area contributed by atoms with Crippen LogP contribution in [-0.2, 0) is 0 Å². The van der Waals surface area contributed by atoms with Gasteiger partial charge in [0.15, 0.2) is 0 Å². The van der Waals surface area contributed by atoms with Crippen LogP contribution in [0.5, 0.6) is 0 Å². The Bertz CT molecular complexity index is 503. The van der Waals surface area contributed by atoms with Crippen LogP contribution in [0.1, 0.15) is 47.5 Å². The Hall–Kier alpha value is -1.42. The van der Waals surface area contributed by atoms with E-state index in [0.29, 0.717) is 17.6 Å². The quantitative estimate of drug-likeness (QED) is 0.892. The number of hydrogen-bond acceptors (Lipinski definition) is 2. The van der Waals surface area contributed by atoms with Gasteiger partial charge in [-0.25, -0.2) is 9.18 Å². The van der Waals surface area contributed by atoms with Gasteiger partial charge in [0, 0.05) is 12.1 Å². The molecule has 19 heavy (non-hydrogen) atoms. The number of aromatic carboxylic acids is 1. The molecule has 0 amide bonds. The largest absolute Gasteiger partial charge is 0.478 e. The molecular formula is C15H18FNO2. The van der Waals surface area contributed by atoms with Gasteiger partial charge in [0.1, 0.15) is 5.82 Å². The summed E-state index contributed by atoms with van der Waals surface area (Å²) in [6.07, 6.45) is 4.23. The maximum Gasteiger partial charge on any atom is 0.335 e. The second-order valence-corrected chi connectivity index (χ2v) is 5.76. The first kappa shape index (κ1) is 12.6. The van der Waals surface area contributed by atoms with Gasteiger partial charge in [0.05, 0.1) is 5.56 Å². The number of fused-ring (bicyclic) bond motifs is 2. The third-order valence-electron chi connectivity index (χ3n) is 4.78. The summed E-state index contributed by atoms with van der Waals surface area (Å²) in [5, 5.41) is 9.25. The highest BCUT2D eigenvalue weighted by Gasteiger charge is 2.39. The summed E-state index contributed by atoms with van der Waals surface area (Å²) in [6, 6.07) is 5.09. The molecular weight excluding hydrogens is 245 g/mol. The third kappa shape index (κ3) is 2.14. The van der Waals surface area contributed by atoms with Gasteiger partial charge < -0.3 is 10.0 Å². The first-order chi connectivity index (χ1) is 9.06. The second-order valence-electron chi connectivity index (χ2n) is 5.76. The molecule has 2 aliphatic rings. The van der Waals surface area contributed by atoms with Crippen molar-refractivity contribution in [2.75, 3.05) is 7.05 Å². The van der Waals surface area contributed by atoms with E-state index < -0.39 is 5.97 Å². The Morgan fingerprint density at radius 3 is 2.53 bits per heavy atom.